The minimum atomic E-state index is -0.336. The molecule has 0 saturated heterocycles. The summed E-state index contributed by atoms with van der Waals surface area (Å²) in [6, 6.07) is 17.1. The molecule has 2 heterocycles. The summed E-state index contributed by atoms with van der Waals surface area (Å²) in [7, 11) is 0. The third-order valence-corrected chi connectivity index (χ3v) is 6.53. The summed E-state index contributed by atoms with van der Waals surface area (Å²) in [6.45, 7) is 0.418. The summed E-state index contributed by atoms with van der Waals surface area (Å²) in [4.78, 5) is 37.9. The van der Waals surface area contributed by atoms with Gasteiger partial charge in [-0.25, -0.2) is 0 Å². The van der Waals surface area contributed by atoms with Crippen LogP contribution in [0, 0.1) is 4.91 Å². The Morgan fingerprint density at radius 1 is 0.853 bits per heavy atom. The van der Waals surface area contributed by atoms with E-state index in [1.807, 2.05) is 0 Å². The third kappa shape index (κ3) is 3.54. The van der Waals surface area contributed by atoms with Gasteiger partial charge in [0.2, 0.25) is 5.88 Å². The second-order valence-electron chi connectivity index (χ2n) is 7.93. The van der Waals surface area contributed by atoms with E-state index in [-0.39, 0.29) is 36.5 Å². The Balaban J connectivity index is 1.45. The van der Waals surface area contributed by atoms with Crippen molar-refractivity contribution in [3.63, 3.8) is 0 Å². The predicted molar refractivity (Wildman–Crippen MR) is 131 cm³/mol. The van der Waals surface area contributed by atoms with Crippen LogP contribution in [0.25, 0.3) is 22.0 Å². The molecule has 1 N–H and O–H groups in total. The van der Waals surface area contributed by atoms with E-state index in [1.165, 1.54) is 4.90 Å². The fourth-order valence-electron chi connectivity index (χ4n) is 4.35. The molecule has 0 bridgehead atoms. The van der Waals surface area contributed by atoms with Gasteiger partial charge in [-0.3, -0.25) is 14.5 Å². The number of nitroso groups, excluding NO2 is 1. The number of rotatable bonds is 6. The number of hydrogen-bond donors (Lipinski definition) is 1. The van der Waals surface area contributed by atoms with Gasteiger partial charge in [0, 0.05) is 34.1 Å². The lowest BCUT2D eigenvalue weighted by Gasteiger charge is -2.15. The lowest BCUT2D eigenvalue weighted by Crippen LogP contribution is -2.31. The lowest BCUT2D eigenvalue weighted by atomic mass is 10.0. The number of fused-ring (bicyclic) bond motifs is 2. The molecular formula is C25H17Cl2N3O4. The molecule has 0 saturated carbocycles. The highest BCUT2D eigenvalue weighted by molar-refractivity contribution is 6.36. The van der Waals surface area contributed by atoms with E-state index in [4.69, 9.17) is 23.2 Å². The van der Waals surface area contributed by atoms with Crippen molar-refractivity contribution in [1.82, 2.24) is 9.47 Å². The average Bonchev–Trinajstić information content (AvgIpc) is 3.24. The molecule has 0 fully saturated rings. The van der Waals surface area contributed by atoms with Gasteiger partial charge in [-0.1, -0.05) is 47.5 Å². The summed E-state index contributed by atoms with van der Waals surface area (Å²) in [5.74, 6) is -0.944. The summed E-state index contributed by atoms with van der Waals surface area (Å²) in [5.41, 5.74) is 2.80. The van der Waals surface area contributed by atoms with Crippen LogP contribution in [0.3, 0.4) is 0 Å². The Hall–Kier alpha value is -3.68. The molecule has 170 valence electrons. The van der Waals surface area contributed by atoms with Gasteiger partial charge in [-0.2, -0.15) is 0 Å². The maximum Gasteiger partial charge on any atom is 0.261 e. The molecule has 7 nitrogen and oxygen atoms in total. The van der Waals surface area contributed by atoms with Crippen molar-refractivity contribution in [1.29, 1.82) is 0 Å². The number of aryl methyl sites for hydroxylation is 1. The number of aromatic nitrogens is 1. The number of benzene rings is 3. The third-order valence-electron chi connectivity index (χ3n) is 5.99. The Kier molecular flexibility index (Phi) is 5.59. The molecule has 3 aromatic carbocycles. The number of halogens is 2. The number of imide groups is 1. The summed E-state index contributed by atoms with van der Waals surface area (Å²) in [5, 5.41) is 15.2. The smallest absolute Gasteiger partial charge is 0.261 e. The Bertz CT molecular complexity index is 1460. The number of carbonyl (C=O) groups excluding carboxylic acids is 2. The minimum absolute atomic E-state index is 0.0653. The number of aromatic hydroxyl groups is 1. The Labute approximate surface area is 204 Å². The lowest BCUT2D eigenvalue weighted by molar-refractivity contribution is 0.0651. The number of carbonyl (C=O) groups is 2. The molecule has 1 aliphatic heterocycles. The number of hydrogen-bond acceptors (Lipinski definition) is 5. The normalized spacial score (nSPS) is 13.1. The molecule has 0 spiro atoms. The van der Waals surface area contributed by atoms with E-state index in [0.29, 0.717) is 38.5 Å². The second-order valence-corrected chi connectivity index (χ2v) is 8.78. The minimum Gasteiger partial charge on any atom is -0.493 e. The number of nitrogens with zero attached hydrogens (tertiary/aromatic N) is 3. The topological polar surface area (TPSA) is 92.0 Å². The first-order valence-corrected chi connectivity index (χ1v) is 11.3. The molecule has 9 heteroatoms. The zero-order valence-electron chi connectivity index (χ0n) is 17.7. The highest BCUT2D eigenvalue weighted by Gasteiger charge is 2.34. The highest BCUT2D eigenvalue weighted by atomic mass is 35.5. The van der Waals surface area contributed by atoms with Gasteiger partial charge < -0.3 is 9.67 Å². The van der Waals surface area contributed by atoms with Crippen LogP contribution in [-0.4, -0.2) is 32.9 Å². The van der Waals surface area contributed by atoms with Crippen molar-refractivity contribution in [2.24, 2.45) is 5.18 Å². The van der Waals surface area contributed by atoms with Gasteiger partial charge in [-0.15, -0.1) is 4.91 Å². The van der Waals surface area contributed by atoms with E-state index in [0.717, 1.165) is 11.1 Å². The first kappa shape index (κ1) is 22.1. The van der Waals surface area contributed by atoms with Gasteiger partial charge in [0.15, 0.2) is 5.69 Å². The first-order valence-electron chi connectivity index (χ1n) is 10.5. The summed E-state index contributed by atoms with van der Waals surface area (Å²) < 4.78 is 1.55. The first-order chi connectivity index (χ1) is 16.4. The largest absolute Gasteiger partial charge is 0.493 e. The van der Waals surface area contributed by atoms with Gasteiger partial charge in [-0.05, 0) is 53.6 Å². The zero-order chi connectivity index (χ0) is 24.0. The quantitative estimate of drug-likeness (QED) is 0.248. The zero-order valence-corrected chi connectivity index (χ0v) is 19.2. The van der Waals surface area contributed by atoms with E-state index < -0.39 is 0 Å². The van der Waals surface area contributed by atoms with Crippen molar-refractivity contribution in [3.8, 4) is 17.0 Å². The molecule has 4 aromatic rings. The molecule has 34 heavy (non-hydrogen) atoms. The van der Waals surface area contributed by atoms with E-state index in [9.17, 15) is 19.6 Å². The van der Waals surface area contributed by atoms with Gasteiger partial charge in [0.25, 0.3) is 11.8 Å². The maximum absolute atomic E-state index is 12.6. The molecule has 0 unspecified atom stereocenters. The van der Waals surface area contributed by atoms with Crippen molar-refractivity contribution >= 4 is 51.6 Å². The summed E-state index contributed by atoms with van der Waals surface area (Å²) in [6.07, 6.45) is 0.368. The van der Waals surface area contributed by atoms with E-state index in [2.05, 4.69) is 5.18 Å². The SMILES string of the molecule is O=Nc1c(O)n(CCCN2C(=O)c3ccccc3C2=O)c2cc(-c3ccc(Cl)cc3Cl)ccc12. The molecule has 1 aromatic heterocycles. The predicted octanol–water partition coefficient (Wildman–Crippen LogP) is 6.40. The van der Waals surface area contributed by atoms with Crippen molar-refractivity contribution in [2.45, 2.75) is 13.0 Å². The van der Waals surface area contributed by atoms with E-state index >= 15 is 0 Å². The molecule has 0 radical (unpaired) electrons. The molecule has 0 atom stereocenters. The highest BCUT2D eigenvalue weighted by Crippen LogP contribution is 2.41. The van der Waals surface area contributed by atoms with Crippen LogP contribution in [0.4, 0.5) is 5.69 Å². The molecule has 0 aliphatic carbocycles. The van der Waals surface area contributed by atoms with Crippen LogP contribution in [0.15, 0.2) is 65.8 Å². The van der Waals surface area contributed by atoms with Gasteiger partial charge in [0.1, 0.15) is 0 Å². The summed E-state index contributed by atoms with van der Waals surface area (Å²) >= 11 is 12.4. The van der Waals surface area contributed by atoms with Crippen LogP contribution in [0.1, 0.15) is 27.1 Å². The monoisotopic (exact) mass is 493 g/mol. The van der Waals surface area contributed by atoms with Crippen LogP contribution in [0.5, 0.6) is 5.88 Å². The number of amides is 2. The van der Waals surface area contributed by atoms with Crippen molar-refractivity contribution < 1.29 is 14.7 Å². The van der Waals surface area contributed by atoms with Crippen LogP contribution in [0.2, 0.25) is 10.0 Å². The molecule has 2 amide bonds. The second kappa shape index (κ2) is 8.59. The van der Waals surface area contributed by atoms with Crippen molar-refractivity contribution in [3.05, 3.63) is 86.7 Å². The molecular weight excluding hydrogens is 477 g/mol. The van der Waals surface area contributed by atoms with Crippen molar-refractivity contribution in [2.75, 3.05) is 6.54 Å². The van der Waals surface area contributed by atoms with Crippen LogP contribution < -0.4 is 0 Å². The maximum atomic E-state index is 12.6. The standard InChI is InChI=1S/C25H17Cl2N3O4/c26-15-7-9-16(20(27)13-15)14-6-8-19-21(12-14)29(25(33)22(19)28-34)10-3-11-30-23(31)17-4-1-2-5-18(17)24(30)32/h1-2,4-9,12-13,33H,3,10-11H2. The fraction of sp³-hybridized carbons (Fsp3) is 0.120. The van der Waals surface area contributed by atoms with Crippen LogP contribution >= 0.6 is 23.2 Å². The Morgan fingerprint density at radius 3 is 2.21 bits per heavy atom. The van der Waals surface area contributed by atoms with Gasteiger partial charge in [0.05, 0.1) is 16.6 Å². The Morgan fingerprint density at radius 2 is 1.56 bits per heavy atom. The average molecular weight is 494 g/mol. The van der Waals surface area contributed by atoms with Crippen LogP contribution in [-0.2, 0) is 6.54 Å². The fourth-order valence-corrected chi connectivity index (χ4v) is 4.87. The van der Waals surface area contributed by atoms with E-state index in [1.54, 1.807) is 65.2 Å². The van der Waals surface area contributed by atoms with Gasteiger partial charge >= 0.3 is 0 Å². The molecule has 5 rings (SSSR count). The molecule has 1 aliphatic rings.